The molecule has 3 nitrogen and oxygen atoms in total. The number of benzene rings is 1. The highest BCUT2D eigenvalue weighted by atomic mass is 16.7. The molecule has 1 atom stereocenters. The van der Waals surface area contributed by atoms with Gasteiger partial charge >= 0.3 is 6.16 Å². The van der Waals surface area contributed by atoms with E-state index in [-0.39, 0.29) is 6.10 Å². The second-order valence-electron chi connectivity index (χ2n) is 6.29. The highest BCUT2D eigenvalue weighted by Gasteiger charge is 2.12. The Bertz CT molecular complexity index is 403. The Labute approximate surface area is 141 Å². The van der Waals surface area contributed by atoms with Crippen LogP contribution >= 0.6 is 0 Å². The second kappa shape index (κ2) is 13.0. The highest BCUT2D eigenvalue weighted by molar-refractivity contribution is 5.57. The standard InChI is InChI=1S/C20H32O3/c1-2-3-8-16-19(23-20(21)22)17-12-6-4-5-9-13-18-14-10-7-11-15-18/h7,10-11,14-15,19H,2-6,8-9,12-13,16-17H2,1H3,(H,21,22). The van der Waals surface area contributed by atoms with Gasteiger partial charge in [0.1, 0.15) is 6.10 Å². The predicted molar refractivity (Wildman–Crippen MR) is 94.9 cm³/mol. The first-order valence-electron chi connectivity index (χ1n) is 9.16. The van der Waals surface area contributed by atoms with Crippen LogP contribution < -0.4 is 0 Å². The van der Waals surface area contributed by atoms with Crippen molar-refractivity contribution in [3.05, 3.63) is 35.9 Å². The molecule has 23 heavy (non-hydrogen) atoms. The van der Waals surface area contributed by atoms with Gasteiger partial charge in [-0.2, -0.15) is 0 Å². The SMILES string of the molecule is CCCCCC(CCCCCCCc1ccccc1)OC(=O)O. The van der Waals surface area contributed by atoms with Crippen molar-refractivity contribution >= 4 is 6.16 Å². The lowest BCUT2D eigenvalue weighted by molar-refractivity contribution is 0.0423. The summed E-state index contributed by atoms with van der Waals surface area (Å²) in [6, 6.07) is 10.6. The first-order valence-corrected chi connectivity index (χ1v) is 9.16. The lowest BCUT2D eigenvalue weighted by Crippen LogP contribution is -2.16. The van der Waals surface area contributed by atoms with Gasteiger partial charge in [-0.1, -0.05) is 69.4 Å². The van der Waals surface area contributed by atoms with E-state index in [0.29, 0.717) is 0 Å². The van der Waals surface area contributed by atoms with Gasteiger partial charge < -0.3 is 9.84 Å². The summed E-state index contributed by atoms with van der Waals surface area (Å²) in [5.41, 5.74) is 1.42. The van der Waals surface area contributed by atoms with E-state index in [1.54, 1.807) is 0 Å². The molecule has 0 amide bonds. The minimum Gasteiger partial charge on any atom is -0.450 e. The molecule has 0 heterocycles. The molecule has 1 aromatic carbocycles. The number of rotatable bonds is 13. The van der Waals surface area contributed by atoms with Gasteiger partial charge in [0.2, 0.25) is 0 Å². The number of hydrogen-bond acceptors (Lipinski definition) is 2. The summed E-state index contributed by atoms with van der Waals surface area (Å²) >= 11 is 0. The maximum absolute atomic E-state index is 10.7. The molecule has 0 aliphatic rings. The average Bonchev–Trinajstić information content (AvgIpc) is 2.54. The van der Waals surface area contributed by atoms with E-state index in [4.69, 9.17) is 9.84 Å². The van der Waals surface area contributed by atoms with Crippen LogP contribution in [0.25, 0.3) is 0 Å². The van der Waals surface area contributed by atoms with Gasteiger partial charge in [-0.15, -0.1) is 0 Å². The molecule has 0 aliphatic carbocycles. The molecule has 0 spiro atoms. The fourth-order valence-corrected chi connectivity index (χ4v) is 2.90. The highest BCUT2D eigenvalue weighted by Crippen LogP contribution is 2.16. The summed E-state index contributed by atoms with van der Waals surface area (Å²) in [6.45, 7) is 2.16. The molecule has 0 saturated carbocycles. The van der Waals surface area contributed by atoms with Gasteiger partial charge in [0, 0.05) is 0 Å². The Morgan fingerprint density at radius 3 is 2.22 bits per heavy atom. The van der Waals surface area contributed by atoms with Crippen LogP contribution in [-0.4, -0.2) is 17.4 Å². The van der Waals surface area contributed by atoms with Gasteiger partial charge in [0.05, 0.1) is 0 Å². The fraction of sp³-hybridized carbons (Fsp3) is 0.650. The van der Waals surface area contributed by atoms with Crippen molar-refractivity contribution in [3.63, 3.8) is 0 Å². The molecule has 0 bridgehead atoms. The van der Waals surface area contributed by atoms with Crippen LogP contribution in [0.3, 0.4) is 0 Å². The van der Waals surface area contributed by atoms with E-state index >= 15 is 0 Å². The largest absolute Gasteiger partial charge is 0.506 e. The van der Waals surface area contributed by atoms with Crippen LogP contribution in [-0.2, 0) is 11.2 Å². The van der Waals surface area contributed by atoms with E-state index in [2.05, 4.69) is 37.3 Å². The minimum atomic E-state index is -1.13. The molecule has 0 aliphatic heterocycles. The van der Waals surface area contributed by atoms with Crippen molar-refractivity contribution in [1.29, 1.82) is 0 Å². The van der Waals surface area contributed by atoms with Crippen molar-refractivity contribution in [3.8, 4) is 0 Å². The zero-order chi connectivity index (χ0) is 16.8. The summed E-state index contributed by atoms with van der Waals surface area (Å²) in [5, 5.41) is 8.80. The Balaban J connectivity index is 2.05. The van der Waals surface area contributed by atoms with Crippen molar-refractivity contribution in [2.24, 2.45) is 0 Å². The number of hydrogen-bond donors (Lipinski definition) is 1. The second-order valence-corrected chi connectivity index (χ2v) is 6.29. The zero-order valence-electron chi connectivity index (χ0n) is 14.5. The maximum atomic E-state index is 10.7. The van der Waals surface area contributed by atoms with Gasteiger partial charge in [-0.05, 0) is 44.1 Å². The normalized spacial score (nSPS) is 12.0. The third-order valence-electron chi connectivity index (χ3n) is 4.23. The van der Waals surface area contributed by atoms with Crippen LogP contribution in [0.5, 0.6) is 0 Å². The number of ether oxygens (including phenoxy) is 1. The first-order chi connectivity index (χ1) is 11.2. The van der Waals surface area contributed by atoms with Gasteiger partial charge in [-0.3, -0.25) is 0 Å². The van der Waals surface area contributed by atoms with Crippen molar-refractivity contribution < 1.29 is 14.6 Å². The Morgan fingerprint density at radius 2 is 1.57 bits per heavy atom. The third-order valence-corrected chi connectivity index (χ3v) is 4.23. The van der Waals surface area contributed by atoms with Gasteiger partial charge in [0.15, 0.2) is 0 Å². The number of unbranched alkanes of at least 4 members (excludes halogenated alkanes) is 6. The van der Waals surface area contributed by atoms with Crippen LogP contribution in [0.2, 0.25) is 0 Å². The van der Waals surface area contributed by atoms with Crippen LogP contribution in [0.1, 0.15) is 76.7 Å². The fourth-order valence-electron chi connectivity index (χ4n) is 2.90. The number of carboxylic acid groups (broad SMARTS) is 1. The number of carbonyl (C=O) groups is 1. The van der Waals surface area contributed by atoms with Crippen molar-refractivity contribution in [1.82, 2.24) is 0 Å². The van der Waals surface area contributed by atoms with E-state index < -0.39 is 6.16 Å². The summed E-state index contributed by atoms with van der Waals surface area (Å²) < 4.78 is 5.00. The summed E-state index contributed by atoms with van der Waals surface area (Å²) in [6.07, 6.45) is 11.0. The molecule has 1 rings (SSSR count). The molecule has 0 radical (unpaired) electrons. The van der Waals surface area contributed by atoms with Crippen LogP contribution in [0, 0.1) is 0 Å². The summed E-state index contributed by atoms with van der Waals surface area (Å²) in [5.74, 6) is 0. The van der Waals surface area contributed by atoms with Gasteiger partial charge in [-0.25, -0.2) is 4.79 Å². The van der Waals surface area contributed by atoms with Gasteiger partial charge in [0.25, 0.3) is 0 Å². The Kier molecular flexibility index (Phi) is 11.0. The molecule has 0 aromatic heterocycles. The van der Waals surface area contributed by atoms with Crippen LogP contribution in [0.15, 0.2) is 30.3 Å². The number of aryl methyl sites for hydroxylation is 1. The molecule has 3 heteroatoms. The van der Waals surface area contributed by atoms with Crippen LogP contribution in [0.4, 0.5) is 4.79 Å². The molecule has 0 saturated heterocycles. The Hall–Kier alpha value is -1.51. The quantitative estimate of drug-likeness (QED) is 0.347. The first kappa shape index (κ1) is 19.5. The topological polar surface area (TPSA) is 46.5 Å². The minimum absolute atomic E-state index is 0.108. The molecule has 1 aromatic rings. The molecule has 1 unspecified atom stereocenters. The van der Waals surface area contributed by atoms with E-state index in [1.165, 1.54) is 31.2 Å². The maximum Gasteiger partial charge on any atom is 0.506 e. The molecule has 130 valence electrons. The lowest BCUT2D eigenvalue weighted by atomic mass is 10.0. The van der Waals surface area contributed by atoms with Crippen molar-refractivity contribution in [2.75, 3.05) is 0 Å². The molecule has 0 fully saturated rings. The molecular weight excluding hydrogens is 288 g/mol. The van der Waals surface area contributed by atoms with Crippen molar-refractivity contribution in [2.45, 2.75) is 83.7 Å². The average molecular weight is 320 g/mol. The predicted octanol–water partition coefficient (Wildman–Crippen LogP) is 6.21. The van der Waals surface area contributed by atoms with E-state index in [9.17, 15) is 4.79 Å². The summed E-state index contributed by atoms with van der Waals surface area (Å²) in [7, 11) is 0. The Morgan fingerprint density at radius 1 is 0.957 bits per heavy atom. The van der Waals surface area contributed by atoms with E-state index in [1.807, 2.05) is 0 Å². The molecular formula is C20H32O3. The summed E-state index contributed by atoms with van der Waals surface area (Å²) in [4.78, 5) is 10.7. The lowest BCUT2D eigenvalue weighted by Gasteiger charge is -2.15. The third kappa shape index (κ3) is 10.8. The molecule has 1 N–H and O–H groups in total. The zero-order valence-corrected chi connectivity index (χ0v) is 14.5. The van der Waals surface area contributed by atoms with E-state index in [0.717, 1.165) is 44.9 Å². The smallest absolute Gasteiger partial charge is 0.450 e. The monoisotopic (exact) mass is 320 g/mol.